The van der Waals surface area contributed by atoms with Crippen molar-refractivity contribution in [3.8, 4) is 22.9 Å². The molecule has 4 aromatic rings. The van der Waals surface area contributed by atoms with E-state index in [-0.39, 0.29) is 40.7 Å². The molecule has 0 radical (unpaired) electrons. The highest BCUT2D eigenvalue weighted by Crippen LogP contribution is 2.34. The Morgan fingerprint density at radius 1 is 1.12 bits per heavy atom. The molecule has 0 unspecified atom stereocenters. The molecule has 1 fully saturated rings. The number of nitrogens with zero attached hydrogens (tertiary/aromatic N) is 6. The Hall–Kier alpha value is -4.07. The third kappa shape index (κ3) is 6.47. The standard InChI is InChI=1S/C27H27F3N6O4S/c1-27(2,3)40-25(37)35-11-9-15(10-12-35)18-5-4-6-19(20(18)28)23-34-36(26(41)39-23)14-17-8-7-16(13-31-17)22-32-33-24(38-22)21(29)30/h4-8,13,15,21H,9-12,14H2,1-3H3. The second-order valence-electron chi connectivity index (χ2n) is 10.6. The van der Waals surface area contributed by atoms with Crippen molar-refractivity contribution >= 4 is 18.3 Å². The van der Waals surface area contributed by atoms with Crippen LogP contribution >= 0.6 is 12.2 Å². The van der Waals surface area contributed by atoms with Crippen LogP contribution in [0.4, 0.5) is 18.0 Å². The number of rotatable bonds is 6. The molecule has 0 aliphatic carbocycles. The maximum atomic E-state index is 15.7. The van der Waals surface area contributed by atoms with Crippen molar-refractivity contribution in [1.29, 1.82) is 0 Å². The molecule has 14 heteroatoms. The smallest absolute Gasteiger partial charge is 0.410 e. The molecule has 1 saturated heterocycles. The summed E-state index contributed by atoms with van der Waals surface area (Å²) < 4.78 is 58.5. The van der Waals surface area contributed by atoms with Gasteiger partial charge >= 0.3 is 12.5 Å². The summed E-state index contributed by atoms with van der Waals surface area (Å²) in [5.74, 6) is -1.35. The normalized spacial score (nSPS) is 14.6. The zero-order chi connectivity index (χ0) is 29.3. The van der Waals surface area contributed by atoms with Crippen LogP contribution in [0.1, 0.15) is 63.1 Å². The summed E-state index contributed by atoms with van der Waals surface area (Å²) in [6.07, 6.45) is -0.653. The van der Waals surface area contributed by atoms with Gasteiger partial charge in [0.05, 0.1) is 23.4 Å². The zero-order valence-corrected chi connectivity index (χ0v) is 23.3. The molecule has 0 atom stereocenters. The third-order valence-electron chi connectivity index (χ3n) is 6.46. The Balaban J connectivity index is 1.28. The molecule has 10 nitrogen and oxygen atoms in total. The average molecular weight is 589 g/mol. The largest absolute Gasteiger partial charge is 0.444 e. The van der Waals surface area contributed by atoms with Crippen LogP contribution in [0.5, 0.6) is 0 Å². The van der Waals surface area contributed by atoms with Crippen LogP contribution in [0.25, 0.3) is 22.9 Å². The summed E-state index contributed by atoms with van der Waals surface area (Å²) in [4.78, 5) is 18.3. The summed E-state index contributed by atoms with van der Waals surface area (Å²) in [5.41, 5.74) is 1.02. The molecular weight excluding hydrogens is 561 g/mol. The van der Waals surface area contributed by atoms with Crippen molar-refractivity contribution in [3.63, 3.8) is 0 Å². The van der Waals surface area contributed by atoms with E-state index in [2.05, 4.69) is 20.3 Å². The van der Waals surface area contributed by atoms with Crippen molar-refractivity contribution in [2.45, 2.75) is 58.1 Å². The van der Waals surface area contributed by atoms with Crippen molar-refractivity contribution in [2.24, 2.45) is 0 Å². The summed E-state index contributed by atoms with van der Waals surface area (Å²) in [6, 6.07) is 8.26. The van der Waals surface area contributed by atoms with Crippen LogP contribution in [0.3, 0.4) is 0 Å². The average Bonchev–Trinajstić information content (AvgIpc) is 3.56. The van der Waals surface area contributed by atoms with Crippen LogP contribution in [0.2, 0.25) is 0 Å². The fourth-order valence-electron chi connectivity index (χ4n) is 4.48. The first kappa shape index (κ1) is 28.5. The lowest BCUT2D eigenvalue weighted by molar-refractivity contribution is 0.0204. The summed E-state index contributed by atoms with van der Waals surface area (Å²) in [5, 5.41) is 11.3. The van der Waals surface area contributed by atoms with Crippen LogP contribution in [-0.4, -0.2) is 54.6 Å². The van der Waals surface area contributed by atoms with Gasteiger partial charge in [-0.3, -0.25) is 4.98 Å². The van der Waals surface area contributed by atoms with Crippen molar-refractivity contribution in [3.05, 3.63) is 64.3 Å². The zero-order valence-electron chi connectivity index (χ0n) is 22.5. The van der Waals surface area contributed by atoms with E-state index in [1.165, 1.54) is 10.9 Å². The van der Waals surface area contributed by atoms with Crippen molar-refractivity contribution in [1.82, 2.24) is 29.9 Å². The number of likely N-dealkylation sites (tertiary alicyclic amines) is 1. The van der Waals surface area contributed by atoms with E-state index < -0.39 is 23.7 Å². The van der Waals surface area contributed by atoms with Gasteiger partial charge in [0.25, 0.3) is 10.7 Å². The number of carbonyl (C=O) groups is 1. The SMILES string of the molecule is CC(C)(C)OC(=O)N1CCC(c2cccc(-c3nn(Cc4ccc(-c5nnc(C(F)F)o5)cn4)c(=S)o3)c2F)CC1. The number of alkyl halides is 2. The van der Waals surface area contributed by atoms with Crippen LogP contribution in [0, 0.1) is 10.7 Å². The molecule has 1 aromatic carbocycles. The van der Waals surface area contributed by atoms with Gasteiger partial charge < -0.3 is 18.5 Å². The van der Waals surface area contributed by atoms with Gasteiger partial charge in [0.1, 0.15) is 11.4 Å². The Morgan fingerprint density at radius 3 is 2.51 bits per heavy atom. The van der Waals surface area contributed by atoms with Crippen molar-refractivity contribution in [2.75, 3.05) is 13.1 Å². The highest BCUT2D eigenvalue weighted by molar-refractivity contribution is 7.71. The number of aromatic nitrogens is 5. The number of ether oxygens (including phenoxy) is 1. The third-order valence-corrected chi connectivity index (χ3v) is 6.76. The number of hydrogen-bond acceptors (Lipinski definition) is 9. The lowest BCUT2D eigenvalue weighted by atomic mass is 9.88. The lowest BCUT2D eigenvalue weighted by Crippen LogP contribution is -2.41. The van der Waals surface area contributed by atoms with E-state index in [1.54, 1.807) is 35.2 Å². The number of piperidine rings is 1. The molecule has 1 aliphatic rings. The fourth-order valence-corrected chi connectivity index (χ4v) is 4.67. The molecule has 0 N–H and O–H groups in total. The predicted octanol–water partition coefficient (Wildman–Crippen LogP) is 6.56. The number of pyridine rings is 1. The quantitative estimate of drug-likeness (QED) is 0.231. The minimum Gasteiger partial charge on any atom is -0.444 e. The second kappa shape index (κ2) is 11.4. The van der Waals surface area contributed by atoms with Gasteiger partial charge in [0.2, 0.25) is 11.8 Å². The fraction of sp³-hybridized carbons (Fsp3) is 0.407. The molecule has 3 aromatic heterocycles. The summed E-state index contributed by atoms with van der Waals surface area (Å²) in [6.45, 7) is 6.50. The number of halogens is 3. The van der Waals surface area contributed by atoms with Gasteiger partial charge in [-0.25, -0.2) is 13.9 Å². The van der Waals surface area contributed by atoms with Crippen LogP contribution in [0.15, 0.2) is 45.4 Å². The monoisotopic (exact) mass is 588 g/mol. The summed E-state index contributed by atoms with van der Waals surface area (Å²) in [7, 11) is 0. The molecule has 4 heterocycles. The number of hydrogen-bond donors (Lipinski definition) is 0. The molecule has 0 bridgehead atoms. The highest BCUT2D eigenvalue weighted by Gasteiger charge is 2.29. The van der Waals surface area contributed by atoms with E-state index in [0.717, 1.165) is 0 Å². The van der Waals surface area contributed by atoms with Gasteiger partial charge in [-0.05, 0) is 75.5 Å². The van der Waals surface area contributed by atoms with Crippen LogP contribution in [-0.2, 0) is 11.3 Å². The first-order valence-corrected chi connectivity index (χ1v) is 13.3. The Kier molecular flexibility index (Phi) is 7.93. The summed E-state index contributed by atoms with van der Waals surface area (Å²) >= 11 is 5.31. The predicted molar refractivity (Wildman–Crippen MR) is 142 cm³/mol. The first-order valence-electron chi connectivity index (χ1n) is 12.9. The molecule has 1 aliphatic heterocycles. The van der Waals surface area contributed by atoms with Gasteiger partial charge in [-0.2, -0.15) is 8.78 Å². The maximum absolute atomic E-state index is 15.7. The van der Waals surface area contributed by atoms with E-state index in [0.29, 0.717) is 42.8 Å². The molecule has 5 rings (SSSR count). The first-order chi connectivity index (χ1) is 19.5. The van der Waals surface area contributed by atoms with Gasteiger partial charge in [-0.1, -0.05) is 12.1 Å². The molecule has 1 amide bonds. The second-order valence-corrected chi connectivity index (χ2v) is 10.9. The molecule has 41 heavy (non-hydrogen) atoms. The lowest BCUT2D eigenvalue weighted by Gasteiger charge is -2.33. The number of carbonyl (C=O) groups excluding carboxylic acids is 1. The topological polar surface area (TPSA) is 112 Å². The Morgan fingerprint density at radius 2 is 1.88 bits per heavy atom. The van der Waals surface area contributed by atoms with Gasteiger partial charge in [-0.15, -0.1) is 15.3 Å². The maximum Gasteiger partial charge on any atom is 0.410 e. The van der Waals surface area contributed by atoms with E-state index in [4.69, 9.17) is 25.8 Å². The highest BCUT2D eigenvalue weighted by atomic mass is 32.1. The Labute approximate surface area is 238 Å². The van der Waals surface area contributed by atoms with E-state index in [1.807, 2.05) is 20.8 Å². The van der Waals surface area contributed by atoms with Crippen molar-refractivity contribution < 1.29 is 31.5 Å². The minimum absolute atomic E-state index is 0.0276. The minimum atomic E-state index is -2.87. The van der Waals surface area contributed by atoms with Gasteiger partial charge in [0, 0.05) is 19.3 Å². The number of amides is 1. The molecule has 0 spiro atoms. The number of benzene rings is 1. The van der Waals surface area contributed by atoms with E-state index in [9.17, 15) is 13.6 Å². The van der Waals surface area contributed by atoms with Crippen LogP contribution < -0.4 is 0 Å². The molecular formula is C27H27F3N6O4S. The van der Waals surface area contributed by atoms with E-state index >= 15 is 4.39 Å². The molecule has 0 saturated carbocycles. The van der Waals surface area contributed by atoms with Gasteiger partial charge in [0.15, 0.2) is 0 Å². The molecule has 216 valence electrons. The Bertz CT molecular complexity index is 1590.